The van der Waals surface area contributed by atoms with E-state index in [0.29, 0.717) is 12.3 Å². The van der Waals surface area contributed by atoms with Gasteiger partial charge in [0.1, 0.15) is 5.92 Å². The maximum atomic E-state index is 12.6. The Morgan fingerprint density at radius 1 is 1.20 bits per heavy atom. The molecule has 1 saturated heterocycles. The molecule has 2 atom stereocenters. The van der Waals surface area contributed by atoms with Gasteiger partial charge >= 0.3 is 0 Å². The zero-order valence-electron chi connectivity index (χ0n) is 13.7. The maximum Gasteiger partial charge on any atom is 0.253 e. The molecule has 0 bridgehead atoms. The van der Waals surface area contributed by atoms with Crippen LogP contribution < -0.4 is 10.7 Å². The number of carbonyl (C=O) groups excluding carboxylic acids is 2. The Bertz CT molecular complexity index is 820. The Balaban J connectivity index is 1.75. The van der Waals surface area contributed by atoms with Crippen molar-refractivity contribution in [1.82, 2.24) is 10.7 Å². The molecule has 2 aromatic carbocycles. The summed E-state index contributed by atoms with van der Waals surface area (Å²) in [6, 6.07) is 17.2. The highest BCUT2D eigenvalue weighted by atomic mass is 79.9. The van der Waals surface area contributed by atoms with Gasteiger partial charge in [-0.2, -0.15) is 5.10 Å². The smallest absolute Gasteiger partial charge is 0.253 e. The van der Waals surface area contributed by atoms with Crippen molar-refractivity contribution in [2.75, 3.05) is 6.54 Å². The number of carbonyl (C=O) groups is 2. The molecular formula is C19H18BrN3O2. The summed E-state index contributed by atoms with van der Waals surface area (Å²) < 4.78 is 0.935. The summed E-state index contributed by atoms with van der Waals surface area (Å²) in [7, 11) is 0. The fourth-order valence-corrected chi connectivity index (χ4v) is 3.32. The van der Waals surface area contributed by atoms with E-state index in [0.717, 1.165) is 15.6 Å². The average molecular weight is 400 g/mol. The number of hydrazone groups is 1. The van der Waals surface area contributed by atoms with Gasteiger partial charge in [0.2, 0.25) is 5.91 Å². The third-order valence-corrected chi connectivity index (χ3v) is 4.76. The van der Waals surface area contributed by atoms with Gasteiger partial charge in [-0.15, -0.1) is 0 Å². The summed E-state index contributed by atoms with van der Waals surface area (Å²) >= 11 is 3.41. The lowest BCUT2D eigenvalue weighted by Gasteiger charge is -2.15. The Morgan fingerprint density at radius 3 is 2.68 bits per heavy atom. The van der Waals surface area contributed by atoms with Gasteiger partial charge in [0.25, 0.3) is 5.91 Å². The van der Waals surface area contributed by atoms with Crippen molar-refractivity contribution in [3.63, 3.8) is 0 Å². The first-order valence-corrected chi connectivity index (χ1v) is 8.78. The maximum absolute atomic E-state index is 12.6. The lowest BCUT2D eigenvalue weighted by molar-refractivity contribution is -0.133. The van der Waals surface area contributed by atoms with Crippen LogP contribution in [0.4, 0.5) is 0 Å². The van der Waals surface area contributed by atoms with Gasteiger partial charge in [-0.3, -0.25) is 9.59 Å². The van der Waals surface area contributed by atoms with Gasteiger partial charge in [0.15, 0.2) is 0 Å². The van der Waals surface area contributed by atoms with Crippen LogP contribution in [-0.4, -0.2) is 24.1 Å². The summed E-state index contributed by atoms with van der Waals surface area (Å²) in [6.07, 6.45) is 0. The van der Waals surface area contributed by atoms with Gasteiger partial charge in [0, 0.05) is 16.9 Å². The van der Waals surface area contributed by atoms with Gasteiger partial charge in [0.05, 0.1) is 5.71 Å². The molecule has 1 aliphatic rings. The molecule has 0 spiro atoms. The van der Waals surface area contributed by atoms with E-state index in [1.54, 1.807) is 0 Å². The molecule has 0 aromatic heterocycles. The lowest BCUT2D eigenvalue weighted by Crippen LogP contribution is -2.35. The molecule has 3 rings (SSSR count). The highest BCUT2D eigenvalue weighted by molar-refractivity contribution is 9.10. The van der Waals surface area contributed by atoms with Crippen molar-refractivity contribution in [1.29, 1.82) is 0 Å². The minimum atomic E-state index is -0.776. The van der Waals surface area contributed by atoms with Crippen LogP contribution in [0.25, 0.3) is 0 Å². The zero-order valence-corrected chi connectivity index (χ0v) is 15.3. The SMILES string of the molecule is C/C(=N/NC(=O)C1C(=O)NCC1c1ccccc1)c1cccc(Br)c1. The first kappa shape index (κ1) is 17.4. The zero-order chi connectivity index (χ0) is 17.8. The first-order valence-electron chi connectivity index (χ1n) is 7.99. The molecule has 1 aliphatic heterocycles. The summed E-state index contributed by atoms with van der Waals surface area (Å²) in [5.74, 6) is -1.61. The minimum absolute atomic E-state index is 0.185. The Hall–Kier alpha value is -2.47. The normalized spacial score (nSPS) is 20.2. The summed E-state index contributed by atoms with van der Waals surface area (Å²) in [6.45, 7) is 2.26. The molecular weight excluding hydrogens is 382 g/mol. The van der Waals surface area contributed by atoms with E-state index >= 15 is 0 Å². The van der Waals surface area contributed by atoms with Crippen molar-refractivity contribution < 1.29 is 9.59 Å². The number of nitrogens with zero attached hydrogens (tertiary/aromatic N) is 1. The fraction of sp³-hybridized carbons (Fsp3) is 0.211. The van der Waals surface area contributed by atoms with Crippen molar-refractivity contribution in [2.24, 2.45) is 11.0 Å². The predicted octanol–water partition coefficient (Wildman–Crippen LogP) is 2.82. The van der Waals surface area contributed by atoms with Crippen LogP contribution in [0.5, 0.6) is 0 Å². The fourth-order valence-electron chi connectivity index (χ4n) is 2.92. The number of rotatable bonds is 4. The van der Waals surface area contributed by atoms with E-state index in [1.165, 1.54) is 0 Å². The van der Waals surface area contributed by atoms with E-state index in [1.807, 2.05) is 61.5 Å². The number of hydrogen-bond donors (Lipinski definition) is 2. The number of amides is 2. The molecule has 2 N–H and O–H groups in total. The molecule has 128 valence electrons. The molecule has 0 aliphatic carbocycles. The third-order valence-electron chi connectivity index (χ3n) is 4.27. The van der Waals surface area contributed by atoms with E-state index in [-0.39, 0.29) is 11.8 Å². The molecule has 2 unspecified atom stereocenters. The first-order chi connectivity index (χ1) is 12.1. The van der Waals surface area contributed by atoms with Crippen molar-refractivity contribution in [3.8, 4) is 0 Å². The number of halogens is 1. The van der Waals surface area contributed by atoms with Crippen LogP contribution in [0, 0.1) is 5.92 Å². The van der Waals surface area contributed by atoms with E-state index < -0.39 is 11.8 Å². The minimum Gasteiger partial charge on any atom is -0.355 e. The van der Waals surface area contributed by atoms with Crippen LogP contribution in [0.3, 0.4) is 0 Å². The second kappa shape index (κ2) is 7.61. The van der Waals surface area contributed by atoms with Crippen LogP contribution in [-0.2, 0) is 9.59 Å². The van der Waals surface area contributed by atoms with Crippen LogP contribution in [0.15, 0.2) is 64.2 Å². The van der Waals surface area contributed by atoms with Crippen LogP contribution >= 0.6 is 15.9 Å². The lowest BCUT2D eigenvalue weighted by atomic mass is 9.88. The largest absolute Gasteiger partial charge is 0.355 e. The topological polar surface area (TPSA) is 70.6 Å². The van der Waals surface area contributed by atoms with E-state index in [4.69, 9.17) is 0 Å². The average Bonchev–Trinajstić information content (AvgIpc) is 3.02. The van der Waals surface area contributed by atoms with Gasteiger partial charge in [-0.1, -0.05) is 58.4 Å². The highest BCUT2D eigenvalue weighted by Gasteiger charge is 2.40. The summed E-state index contributed by atoms with van der Waals surface area (Å²) in [4.78, 5) is 24.7. The summed E-state index contributed by atoms with van der Waals surface area (Å²) in [5, 5.41) is 6.93. The third kappa shape index (κ3) is 3.96. The second-order valence-electron chi connectivity index (χ2n) is 5.92. The Morgan fingerprint density at radius 2 is 1.96 bits per heavy atom. The quantitative estimate of drug-likeness (QED) is 0.471. The molecule has 1 fully saturated rings. The van der Waals surface area contributed by atoms with Crippen molar-refractivity contribution >= 4 is 33.5 Å². The summed E-state index contributed by atoms with van der Waals surface area (Å²) in [5.41, 5.74) is 5.08. The van der Waals surface area contributed by atoms with Crippen LogP contribution in [0.1, 0.15) is 24.0 Å². The monoisotopic (exact) mass is 399 g/mol. The Labute approximate surface area is 154 Å². The number of nitrogens with one attached hydrogen (secondary N) is 2. The molecule has 1 heterocycles. The molecule has 25 heavy (non-hydrogen) atoms. The molecule has 5 nitrogen and oxygen atoms in total. The number of benzene rings is 2. The van der Waals surface area contributed by atoms with Gasteiger partial charge < -0.3 is 5.32 Å². The van der Waals surface area contributed by atoms with Gasteiger partial charge in [-0.05, 0) is 30.2 Å². The van der Waals surface area contributed by atoms with E-state index in [9.17, 15) is 9.59 Å². The number of hydrogen-bond acceptors (Lipinski definition) is 3. The molecule has 2 aromatic rings. The van der Waals surface area contributed by atoms with Crippen molar-refractivity contribution in [3.05, 3.63) is 70.2 Å². The second-order valence-corrected chi connectivity index (χ2v) is 6.84. The molecule has 6 heteroatoms. The van der Waals surface area contributed by atoms with Crippen LogP contribution in [0.2, 0.25) is 0 Å². The molecule has 0 radical (unpaired) electrons. The standard InChI is InChI=1S/C19H18BrN3O2/c1-12(14-8-5-9-15(20)10-14)22-23-19(25)17-16(11-21-18(17)24)13-6-3-2-4-7-13/h2-10,16-17H,11H2,1H3,(H,21,24)(H,23,25)/b22-12-. The molecule has 0 saturated carbocycles. The van der Waals surface area contributed by atoms with Gasteiger partial charge in [-0.25, -0.2) is 5.43 Å². The van der Waals surface area contributed by atoms with E-state index in [2.05, 4.69) is 31.8 Å². The Kier molecular flexibility index (Phi) is 5.28. The predicted molar refractivity (Wildman–Crippen MR) is 100 cm³/mol. The highest BCUT2D eigenvalue weighted by Crippen LogP contribution is 2.29. The van der Waals surface area contributed by atoms with Crippen molar-refractivity contribution in [2.45, 2.75) is 12.8 Å². The molecule has 2 amide bonds.